The van der Waals surface area contributed by atoms with Gasteiger partial charge < -0.3 is 0 Å². The highest BCUT2D eigenvalue weighted by atomic mass is 14.7. The highest BCUT2D eigenvalue weighted by Crippen LogP contribution is 1.95. The minimum absolute atomic E-state index is 1.03. The number of hydrogen-bond donors (Lipinski definition) is 0. The zero-order valence-corrected chi connectivity index (χ0v) is 6.31. The summed E-state index contributed by atoms with van der Waals surface area (Å²) >= 11 is 0. The van der Waals surface area contributed by atoms with Gasteiger partial charge in [-0.3, -0.25) is 4.99 Å². The molecule has 0 rings (SSSR count). The van der Waals surface area contributed by atoms with Gasteiger partial charge in [-0.05, 0) is 26.3 Å². The molecule has 50 valence electrons. The first-order valence-electron chi connectivity index (χ1n) is 3.01. The molecule has 0 atom stereocenters. The predicted octanol–water partition coefficient (Wildman–Crippen LogP) is 2.56. The van der Waals surface area contributed by atoms with Crippen LogP contribution in [0, 0.1) is 0 Å². The van der Waals surface area contributed by atoms with Gasteiger partial charge in [0, 0.05) is 11.9 Å². The van der Waals surface area contributed by atoms with Crippen LogP contribution in [-0.2, 0) is 0 Å². The van der Waals surface area contributed by atoms with Crippen molar-refractivity contribution in [3.8, 4) is 0 Å². The van der Waals surface area contributed by atoms with Crippen molar-refractivity contribution in [2.24, 2.45) is 4.99 Å². The van der Waals surface area contributed by atoms with Gasteiger partial charge in [0.1, 0.15) is 0 Å². The van der Waals surface area contributed by atoms with Crippen molar-refractivity contribution in [2.45, 2.75) is 20.8 Å². The van der Waals surface area contributed by atoms with E-state index in [1.54, 1.807) is 6.20 Å². The Kier molecular flexibility index (Phi) is 3.69. The predicted molar refractivity (Wildman–Crippen MR) is 42.7 cm³/mol. The average molecular weight is 123 g/mol. The number of rotatable bonds is 2. The van der Waals surface area contributed by atoms with E-state index in [1.807, 2.05) is 26.8 Å². The van der Waals surface area contributed by atoms with Crippen LogP contribution in [0.1, 0.15) is 20.8 Å². The second-order valence-corrected chi connectivity index (χ2v) is 1.87. The summed E-state index contributed by atoms with van der Waals surface area (Å²) in [5, 5.41) is 0. The smallest absolute Gasteiger partial charge is 0.0398 e. The topological polar surface area (TPSA) is 12.4 Å². The van der Waals surface area contributed by atoms with Gasteiger partial charge in [-0.1, -0.05) is 12.7 Å². The Hall–Kier alpha value is -0.850. The van der Waals surface area contributed by atoms with Gasteiger partial charge in [0.15, 0.2) is 0 Å². The highest BCUT2D eigenvalue weighted by molar-refractivity contribution is 5.97. The van der Waals surface area contributed by atoms with E-state index in [0.29, 0.717) is 0 Å². The summed E-state index contributed by atoms with van der Waals surface area (Å²) in [6.45, 7) is 9.50. The maximum Gasteiger partial charge on any atom is 0.0398 e. The monoisotopic (exact) mass is 123 g/mol. The molecule has 1 nitrogen and oxygen atoms in total. The summed E-state index contributed by atoms with van der Waals surface area (Å²) in [6.07, 6.45) is 3.59. The fourth-order valence-electron chi connectivity index (χ4n) is 0.448. The molecule has 0 aromatic carbocycles. The molecule has 0 aliphatic carbocycles. The summed E-state index contributed by atoms with van der Waals surface area (Å²) in [5.74, 6) is 0. The Morgan fingerprint density at radius 2 is 2.00 bits per heavy atom. The third kappa shape index (κ3) is 2.85. The molecule has 0 saturated carbocycles. The van der Waals surface area contributed by atoms with E-state index in [9.17, 15) is 0 Å². The largest absolute Gasteiger partial charge is 0.262 e. The molecule has 0 unspecified atom stereocenters. The van der Waals surface area contributed by atoms with Crippen LogP contribution >= 0.6 is 0 Å². The van der Waals surface area contributed by atoms with E-state index < -0.39 is 0 Å². The molecule has 0 aromatic rings. The highest BCUT2D eigenvalue weighted by Gasteiger charge is 1.87. The maximum atomic E-state index is 4.01. The SMILES string of the molecule is C=CN=C(C)/C(C)=C\C. The lowest BCUT2D eigenvalue weighted by Crippen LogP contribution is -1.90. The molecule has 0 fully saturated rings. The van der Waals surface area contributed by atoms with Crippen LogP contribution in [-0.4, -0.2) is 5.71 Å². The lowest BCUT2D eigenvalue weighted by Gasteiger charge is -1.94. The molecule has 0 N–H and O–H groups in total. The molecular weight excluding hydrogens is 110 g/mol. The second-order valence-electron chi connectivity index (χ2n) is 1.87. The zero-order chi connectivity index (χ0) is 7.28. The van der Waals surface area contributed by atoms with Crippen molar-refractivity contribution in [2.75, 3.05) is 0 Å². The Bertz CT molecular complexity index is 152. The molecule has 0 aromatic heterocycles. The van der Waals surface area contributed by atoms with E-state index in [-0.39, 0.29) is 0 Å². The maximum absolute atomic E-state index is 4.01. The summed E-state index contributed by atoms with van der Waals surface area (Å²) in [6, 6.07) is 0. The van der Waals surface area contributed by atoms with Gasteiger partial charge in [0.25, 0.3) is 0 Å². The summed E-state index contributed by atoms with van der Waals surface area (Å²) in [5.41, 5.74) is 2.24. The Balaban J connectivity index is 4.19. The first kappa shape index (κ1) is 8.15. The van der Waals surface area contributed by atoms with Gasteiger partial charge in [0.05, 0.1) is 0 Å². The molecule has 9 heavy (non-hydrogen) atoms. The zero-order valence-electron chi connectivity index (χ0n) is 6.31. The average Bonchev–Trinajstić information content (AvgIpc) is 1.87. The number of allylic oxidation sites excluding steroid dienone is 2. The molecule has 1 heteroatoms. The number of nitrogens with zero attached hydrogens (tertiary/aromatic N) is 1. The first-order chi connectivity index (χ1) is 4.22. The van der Waals surface area contributed by atoms with Crippen molar-refractivity contribution in [1.82, 2.24) is 0 Å². The Morgan fingerprint density at radius 3 is 2.33 bits per heavy atom. The van der Waals surface area contributed by atoms with Crippen LogP contribution in [0.2, 0.25) is 0 Å². The molecule has 0 aliphatic rings. The van der Waals surface area contributed by atoms with Crippen molar-refractivity contribution >= 4 is 5.71 Å². The lowest BCUT2D eigenvalue weighted by atomic mass is 10.2. The lowest BCUT2D eigenvalue weighted by molar-refractivity contribution is 1.45. The number of aliphatic imine (C=N–C) groups is 1. The normalized spacial score (nSPS) is 13.7. The van der Waals surface area contributed by atoms with Crippen molar-refractivity contribution < 1.29 is 0 Å². The minimum Gasteiger partial charge on any atom is -0.262 e. The summed E-state index contributed by atoms with van der Waals surface area (Å²) in [7, 11) is 0. The van der Waals surface area contributed by atoms with Crippen LogP contribution in [0.5, 0.6) is 0 Å². The molecule has 0 bridgehead atoms. The van der Waals surface area contributed by atoms with E-state index in [1.165, 1.54) is 5.57 Å². The van der Waals surface area contributed by atoms with Crippen molar-refractivity contribution in [3.63, 3.8) is 0 Å². The fourth-order valence-corrected chi connectivity index (χ4v) is 0.448. The third-order valence-corrected chi connectivity index (χ3v) is 1.29. The Morgan fingerprint density at radius 1 is 1.44 bits per heavy atom. The molecule has 0 heterocycles. The molecule has 0 radical (unpaired) electrons. The fraction of sp³-hybridized carbons (Fsp3) is 0.375. The first-order valence-corrected chi connectivity index (χ1v) is 3.01. The van der Waals surface area contributed by atoms with Gasteiger partial charge in [0.2, 0.25) is 0 Å². The van der Waals surface area contributed by atoms with E-state index >= 15 is 0 Å². The Labute approximate surface area is 56.8 Å². The molecule has 0 saturated heterocycles. The van der Waals surface area contributed by atoms with E-state index in [2.05, 4.69) is 11.6 Å². The van der Waals surface area contributed by atoms with E-state index in [0.717, 1.165) is 5.71 Å². The quantitative estimate of drug-likeness (QED) is 0.500. The van der Waals surface area contributed by atoms with Gasteiger partial charge in [-0.25, -0.2) is 0 Å². The second kappa shape index (κ2) is 4.07. The minimum atomic E-state index is 1.03. The van der Waals surface area contributed by atoms with Crippen LogP contribution < -0.4 is 0 Å². The van der Waals surface area contributed by atoms with Gasteiger partial charge in [-0.15, -0.1) is 0 Å². The number of hydrogen-bond acceptors (Lipinski definition) is 1. The van der Waals surface area contributed by atoms with E-state index in [4.69, 9.17) is 0 Å². The molecular formula is C8H13N. The van der Waals surface area contributed by atoms with Crippen molar-refractivity contribution in [1.29, 1.82) is 0 Å². The van der Waals surface area contributed by atoms with Gasteiger partial charge >= 0.3 is 0 Å². The molecule has 0 amide bonds. The van der Waals surface area contributed by atoms with Crippen molar-refractivity contribution in [3.05, 3.63) is 24.4 Å². The summed E-state index contributed by atoms with van der Waals surface area (Å²) < 4.78 is 0. The van der Waals surface area contributed by atoms with Crippen LogP contribution in [0.4, 0.5) is 0 Å². The van der Waals surface area contributed by atoms with Gasteiger partial charge in [-0.2, -0.15) is 0 Å². The third-order valence-electron chi connectivity index (χ3n) is 1.29. The molecule has 0 spiro atoms. The molecule has 0 aliphatic heterocycles. The van der Waals surface area contributed by atoms with Crippen LogP contribution in [0.25, 0.3) is 0 Å². The standard InChI is InChI=1S/C8H13N/c1-5-7(3)8(4)9-6-2/h5-6H,2H2,1,3-4H3/b7-5-,9-8?. The van der Waals surface area contributed by atoms with Crippen LogP contribution in [0.15, 0.2) is 29.4 Å². The van der Waals surface area contributed by atoms with Crippen LogP contribution in [0.3, 0.4) is 0 Å². The summed E-state index contributed by atoms with van der Waals surface area (Å²) in [4.78, 5) is 4.01.